The van der Waals surface area contributed by atoms with Gasteiger partial charge in [-0.25, -0.2) is 0 Å². The van der Waals surface area contributed by atoms with Crippen LogP contribution in [0.25, 0.3) is 10.7 Å². The first-order chi connectivity index (χ1) is 11.4. The molecule has 0 aliphatic heterocycles. The Hall–Kier alpha value is -1.47. The molecular weight excluding hydrogens is 340 g/mol. The largest absolute Gasteiger partial charge is 0.352 e. The van der Waals surface area contributed by atoms with Crippen molar-refractivity contribution in [2.45, 2.75) is 59.0 Å². The Morgan fingerprint density at radius 1 is 1.38 bits per heavy atom. The number of nitrogens with zero attached hydrogens (tertiary/aromatic N) is 2. The molecule has 132 valence electrons. The van der Waals surface area contributed by atoms with Crippen LogP contribution in [0.2, 0.25) is 0 Å². The third-order valence-corrected chi connectivity index (χ3v) is 5.17. The van der Waals surface area contributed by atoms with Crippen molar-refractivity contribution in [1.29, 1.82) is 0 Å². The van der Waals surface area contributed by atoms with Crippen molar-refractivity contribution in [2.75, 3.05) is 0 Å². The minimum absolute atomic E-state index is 0.0256. The molecule has 2 rings (SSSR count). The number of carbonyl (C=O) groups is 1. The van der Waals surface area contributed by atoms with Crippen LogP contribution in [-0.2, 0) is 4.79 Å². The average Bonchev–Trinajstić information content (AvgIpc) is 3.15. The van der Waals surface area contributed by atoms with Gasteiger partial charge in [0.25, 0.3) is 0 Å². The van der Waals surface area contributed by atoms with Gasteiger partial charge in [0.05, 0.1) is 4.88 Å². The summed E-state index contributed by atoms with van der Waals surface area (Å²) < 4.78 is 2.26. The number of hydrogen-bond acceptors (Lipinski definition) is 4. The fraction of sp³-hybridized carbons (Fsp3) is 0.588. The van der Waals surface area contributed by atoms with Gasteiger partial charge >= 0.3 is 0 Å². The van der Waals surface area contributed by atoms with E-state index in [9.17, 15) is 4.79 Å². The molecule has 2 N–H and O–H groups in total. The first kappa shape index (κ1) is 18.9. The number of aromatic amines is 1. The third kappa shape index (κ3) is 4.77. The first-order valence-corrected chi connectivity index (χ1v) is 9.70. The van der Waals surface area contributed by atoms with Gasteiger partial charge in [-0.1, -0.05) is 32.8 Å². The van der Waals surface area contributed by atoms with Gasteiger partial charge in [0.15, 0.2) is 10.6 Å². The van der Waals surface area contributed by atoms with Crippen molar-refractivity contribution in [1.82, 2.24) is 20.1 Å². The lowest BCUT2D eigenvalue weighted by molar-refractivity contribution is -0.124. The zero-order valence-corrected chi connectivity index (χ0v) is 16.3. The van der Waals surface area contributed by atoms with Gasteiger partial charge in [0.1, 0.15) is 6.04 Å². The lowest BCUT2D eigenvalue weighted by Crippen LogP contribution is -2.37. The van der Waals surface area contributed by atoms with Crippen LogP contribution in [0.15, 0.2) is 17.5 Å². The quantitative estimate of drug-likeness (QED) is 0.673. The molecule has 0 aliphatic rings. The number of rotatable bonds is 8. The molecule has 0 aromatic carbocycles. The van der Waals surface area contributed by atoms with E-state index in [2.05, 4.69) is 36.3 Å². The summed E-state index contributed by atoms with van der Waals surface area (Å²) in [6.07, 6.45) is 3.30. The molecule has 1 amide bonds. The van der Waals surface area contributed by atoms with Crippen LogP contribution in [-0.4, -0.2) is 26.7 Å². The fourth-order valence-electron chi connectivity index (χ4n) is 2.63. The van der Waals surface area contributed by atoms with Gasteiger partial charge in [0, 0.05) is 6.04 Å². The molecule has 0 saturated heterocycles. The van der Waals surface area contributed by atoms with Crippen LogP contribution in [0, 0.1) is 10.7 Å². The zero-order chi connectivity index (χ0) is 17.7. The number of carbonyl (C=O) groups excluding carboxylic acids is 1. The molecule has 0 fully saturated rings. The predicted octanol–water partition coefficient (Wildman–Crippen LogP) is 4.56. The Morgan fingerprint density at radius 3 is 2.75 bits per heavy atom. The number of amides is 1. The predicted molar refractivity (Wildman–Crippen MR) is 102 cm³/mol. The summed E-state index contributed by atoms with van der Waals surface area (Å²) >= 11 is 6.90. The van der Waals surface area contributed by atoms with Crippen molar-refractivity contribution in [2.24, 2.45) is 5.92 Å². The molecule has 7 heteroatoms. The molecule has 2 aromatic rings. The Balaban J connectivity index is 2.04. The molecule has 24 heavy (non-hydrogen) atoms. The summed E-state index contributed by atoms with van der Waals surface area (Å²) in [5.41, 5.74) is 0. The number of nitrogens with one attached hydrogen (secondary N) is 2. The SMILES string of the molecule is CC(C)CCCC(C)NC(=O)C(C)n1c(-c2cccs2)n[nH]c1=S. The second-order valence-electron chi connectivity index (χ2n) is 6.61. The van der Waals surface area contributed by atoms with Crippen LogP contribution in [0.3, 0.4) is 0 Å². The van der Waals surface area contributed by atoms with E-state index in [1.54, 1.807) is 15.9 Å². The van der Waals surface area contributed by atoms with Crippen molar-refractivity contribution < 1.29 is 4.79 Å². The monoisotopic (exact) mass is 366 g/mol. The van der Waals surface area contributed by atoms with Crippen molar-refractivity contribution in [3.8, 4) is 10.7 Å². The highest BCUT2D eigenvalue weighted by molar-refractivity contribution is 7.71. The Kier molecular flexibility index (Phi) is 6.74. The highest BCUT2D eigenvalue weighted by atomic mass is 32.1. The van der Waals surface area contributed by atoms with Gasteiger partial charge in [0.2, 0.25) is 5.91 Å². The number of H-pyrrole nitrogens is 1. The second kappa shape index (κ2) is 8.58. The van der Waals surface area contributed by atoms with Crippen molar-refractivity contribution in [3.05, 3.63) is 22.3 Å². The second-order valence-corrected chi connectivity index (χ2v) is 7.94. The standard InChI is InChI=1S/C17H26N4OS2/c1-11(2)7-5-8-12(3)18-16(22)13(4)21-15(19-20-17(21)23)14-9-6-10-24-14/h6,9-13H,5,7-8H2,1-4H3,(H,18,22)(H,20,23). The molecular formula is C17H26N4OS2. The van der Waals surface area contributed by atoms with Gasteiger partial charge in [-0.05, 0) is 49.9 Å². The molecule has 2 aromatic heterocycles. The van der Waals surface area contributed by atoms with Crippen molar-refractivity contribution in [3.63, 3.8) is 0 Å². The van der Waals surface area contributed by atoms with Gasteiger partial charge in [-0.3, -0.25) is 14.5 Å². The van der Waals surface area contributed by atoms with Crippen LogP contribution in [0.5, 0.6) is 0 Å². The molecule has 0 aliphatic carbocycles. The molecule has 0 spiro atoms. The van der Waals surface area contributed by atoms with E-state index in [4.69, 9.17) is 12.2 Å². The Morgan fingerprint density at radius 2 is 2.12 bits per heavy atom. The summed E-state index contributed by atoms with van der Waals surface area (Å²) in [6, 6.07) is 3.69. The molecule has 2 atom stereocenters. The minimum Gasteiger partial charge on any atom is -0.352 e. The number of aromatic nitrogens is 3. The molecule has 2 unspecified atom stereocenters. The van der Waals surface area contributed by atoms with E-state index in [0.29, 0.717) is 16.5 Å². The maximum absolute atomic E-state index is 12.6. The summed E-state index contributed by atoms with van der Waals surface area (Å²) in [7, 11) is 0. The van der Waals surface area contributed by atoms with E-state index in [-0.39, 0.29) is 11.9 Å². The summed E-state index contributed by atoms with van der Waals surface area (Å²) in [5, 5.41) is 12.2. The van der Waals surface area contributed by atoms with Crippen LogP contribution < -0.4 is 5.32 Å². The fourth-order valence-corrected chi connectivity index (χ4v) is 3.63. The van der Waals surface area contributed by atoms with Crippen molar-refractivity contribution >= 4 is 29.5 Å². The van der Waals surface area contributed by atoms with E-state index >= 15 is 0 Å². The van der Waals surface area contributed by atoms with Crippen LogP contribution in [0.1, 0.15) is 53.0 Å². The van der Waals surface area contributed by atoms with Gasteiger partial charge in [-0.2, -0.15) is 5.10 Å². The minimum atomic E-state index is -0.402. The highest BCUT2D eigenvalue weighted by Crippen LogP contribution is 2.25. The van der Waals surface area contributed by atoms with Crippen LogP contribution in [0.4, 0.5) is 0 Å². The van der Waals surface area contributed by atoms with Gasteiger partial charge < -0.3 is 5.32 Å². The lowest BCUT2D eigenvalue weighted by Gasteiger charge is -2.19. The van der Waals surface area contributed by atoms with Crippen LogP contribution >= 0.6 is 23.6 Å². The van der Waals surface area contributed by atoms with Gasteiger partial charge in [-0.15, -0.1) is 11.3 Å². The molecule has 0 radical (unpaired) electrons. The maximum Gasteiger partial charge on any atom is 0.243 e. The average molecular weight is 367 g/mol. The zero-order valence-electron chi connectivity index (χ0n) is 14.7. The lowest BCUT2D eigenvalue weighted by atomic mass is 10.0. The Bertz CT molecular complexity index is 702. The smallest absolute Gasteiger partial charge is 0.243 e. The summed E-state index contributed by atoms with van der Waals surface area (Å²) in [5.74, 6) is 1.39. The molecule has 5 nitrogen and oxygen atoms in total. The number of hydrogen-bond donors (Lipinski definition) is 2. The summed E-state index contributed by atoms with van der Waals surface area (Å²) in [4.78, 5) is 13.6. The Labute approximate surface area is 152 Å². The summed E-state index contributed by atoms with van der Waals surface area (Å²) in [6.45, 7) is 8.36. The molecule has 0 saturated carbocycles. The third-order valence-electron chi connectivity index (χ3n) is 4.02. The van der Waals surface area contributed by atoms with E-state index in [0.717, 1.165) is 17.7 Å². The maximum atomic E-state index is 12.6. The molecule has 2 heterocycles. The first-order valence-electron chi connectivity index (χ1n) is 8.41. The number of thiophene rings is 1. The van der Waals surface area contributed by atoms with E-state index in [1.807, 2.05) is 24.4 Å². The molecule has 0 bridgehead atoms. The normalized spacial score (nSPS) is 13.9. The van der Waals surface area contributed by atoms with E-state index in [1.165, 1.54) is 6.42 Å². The highest BCUT2D eigenvalue weighted by Gasteiger charge is 2.22. The topological polar surface area (TPSA) is 62.7 Å². The van der Waals surface area contributed by atoms with E-state index < -0.39 is 6.04 Å².